The quantitative estimate of drug-likeness (QED) is 0.0641. The molecule has 134 heavy (non-hydrogen) atoms. The molecule has 6 aliphatic rings. The number of rotatable bonds is 6. The van der Waals surface area contributed by atoms with E-state index in [1.54, 1.807) is 0 Å². The fraction of sp³-hybridized carbons (Fsp3) is 0.146. The first-order valence-corrected chi connectivity index (χ1v) is 37.2. The molecule has 29 N–H and O–H groups in total. The van der Waals surface area contributed by atoms with Crippen molar-refractivity contribution in [2.24, 2.45) is 0 Å². The Labute approximate surface area is 734 Å². The number of carbonyl (C=O) groups is 10. The van der Waals surface area contributed by atoms with E-state index in [9.17, 15) is 167 Å². The number of aromatic hydroxyl groups is 29. The van der Waals surface area contributed by atoms with Crippen molar-refractivity contribution in [2.45, 2.75) is 61.4 Å². The lowest BCUT2D eigenvalue weighted by Crippen LogP contribution is -2.63. The van der Waals surface area contributed by atoms with E-state index in [1.165, 1.54) is 0 Å². The molecule has 0 aliphatic carbocycles. The molecule has 0 amide bonds. The molecule has 10 atom stereocenters. The number of esters is 10. The predicted octanol–water partition coefficient (Wildman–Crippen LogP) is 3.69. The van der Waals surface area contributed by atoms with Gasteiger partial charge in [0, 0.05) is 38.9 Å². The number of fused-ring (bicyclic) bond motifs is 19. The second-order valence-corrected chi connectivity index (χ2v) is 29.4. The van der Waals surface area contributed by atoms with Crippen molar-refractivity contribution in [3.8, 4) is 223 Å². The van der Waals surface area contributed by atoms with Gasteiger partial charge in [-0.25, -0.2) is 47.9 Å². The Hall–Kier alpha value is -19.2. The molecule has 6 heterocycles. The van der Waals surface area contributed by atoms with Crippen molar-refractivity contribution in [3.05, 3.63) is 122 Å². The van der Waals surface area contributed by atoms with Gasteiger partial charge in [0.15, 0.2) is 145 Å². The van der Waals surface area contributed by atoms with E-state index in [4.69, 9.17) is 61.6 Å². The summed E-state index contributed by atoms with van der Waals surface area (Å²) in [5.41, 5.74) is -24.1. The fourth-order valence-electron chi connectivity index (χ4n) is 15.2. The summed E-state index contributed by atoms with van der Waals surface area (Å²) in [6, 6.07) is 3.13. The van der Waals surface area contributed by atoms with Gasteiger partial charge in [-0.3, -0.25) is 0 Å². The topological polar surface area (TPSA) is 877 Å². The zero-order valence-electron chi connectivity index (χ0n) is 65.4. The van der Waals surface area contributed by atoms with Crippen LogP contribution in [0.4, 0.5) is 0 Å². The van der Waals surface area contributed by atoms with Gasteiger partial charge >= 0.3 is 59.7 Å². The summed E-state index contributed by atoms with van der Waals surface area (Å²) in [6.07, 6.45) is -28.7. The molecule has 2 bridgehead atoms. The molecule has 694 valence electrons. The van der Waals surface area contributed by atoms with Crippen molar-refractivity contribution in [1.82, 2.24) is 0 Å². The molecule has 10 aromatic rings. The number of phenols is 29. The monoisotopic (exact) mass is 1870 g/mol. The highest BCUT2D eigenvalue weighted by molar-refractivity contribution is 6.13. The standard InChI is InChI=1S/C82H54O52/c83-24-1-14(2-25(84)46(24)94)71(112)133-81-70-68(130-76(117)20-9-30(89)50(98)56(104)38(20)40-22(78(119)132-70)11-32(91)52(100)58(40)106)65-35(126-81)13-123-74(115)18-7-28(87)53(101)59(107)41(18)42-43(80(121)128-65)66(63(111)62(110)60(42)108)124-33-4-15(3-26(85)47(33)95)72(113)134-82-69-67(129-75(116)19-8-29(88)49(97)55(103)37(19)39-21(77(118)131-69)10-31(90)51(99)57(39)105)64-34(125-82)12-122-73(114)17-6-27(86)48(96)54(102)36(17)16-5-23(79(120)127-64)45(93)61(109)44(16)92/h1-11,34-35,64-65,67-70,81-111H,12-13H2/t34-,35-,64-,65-,67+,68+,69-,70-,81-,82+/m1/s1. The zero-order chi connectivity index (χ0) is 97.2. The minimum absolute atomic E-state index is 0.170. The summed E-state index contributed by atoms with van der Waals surface area (Å²) in [4.78, 5) is 150. The molecular formula is C82H54O52. The number of hydrogen-bond donors (Lipinski definition) is 29. The molecule has 0 spiro atoms. The second kappa shape index (κ2) is 31.7. The van der Waals surface area contributed by atoms with Crippen molar-refractivity contribution >= 4 is 59.7 Å². The first-order chi connectivity index (χ1) is 63.1. The van der Waals surface area contributed by atoms with E-state index < -0.39 is 413 Å². The maximum Gasteiger partial charge on any atom is 0.343 e. The van der Waals surface area contributed by atoms with Gasteiger partial charge < -0.3 is 210 Å². The Morgan fingerprint density at radius 3 is 0.888 bits per heavy atom. The van der Waals surface area contributed by atoms with Crippen LogP contribution in [0.1, 0.15) is 104 Å². The van der Waals surface area contributed by atoms with Crippen LogP contribution in [0.25, 0.3) is 44.5 Å². The van der Waals surface area contributed by atoms with E-state index in [-0.39, 0.29) is 42.5 Å². The number of benzene rings is 10. The maximum atomic E-state index is 16.1. The van der Waals surface area contributed by atoms with Crippen LogP contribution in [-0.4, -0.2) is 282 Å². The molecule has 52 heteroatoms. The lowest BCUT2D eigenvalue weighted by molar-refractivity contribution is -0.283. The molecule has 2 fully saturated rings. The normalized spacial score (nSPS) is 20.1. The van der Waals surface area contributed by atoms with Gasteiger partial charge in [-0.1, -0.05) is 0 Å². The van der Waals surface area contributed by atoms with Crippen LogP contribution < -0.4 is 4.74 Å². The van der Waals surface area contributed by atoms with Gasteiger partial charge in [0.1, 0.15) is 36.5 Å². The van der Waals surface area contributed by atoms with Crippen LogP contribution in [0, 0.1) is 0 Å². The number of phenolic OH excluding ortho intramolecular Hbond substituents is 29. The molecule has 2 saturated heterocycles. The average molecular weight is 1870 g/mol. The number of hydrogen-bond acceptors (Lipinski definition) is 52. The van der Waals surface area contributed by atoms with E-state index in [0.717, 1.165) is 0 Å². The number of ether oxygens (including phenoxy) is 13. The summed E-state index contributed by atoms with van der Waals surface area (Å²) < 4.78 is 74.8. The Kier molecular flexibility index (Phi) is 20.9. The molecule has 52 nitrogen and oxygen atoms in total. The van der Waals surface area contributed by atoms with Crippen molar-refractivity contribution in [2.75, 3.05) is 13.2 Å². The predicted molar refractivity (Wildman–Crippen MR) is 413 cm³/mol. The summed E-state index contributed by atoms with van der Waals surface area (Å²) >= 11 is 0. The molecular weight excluding hydrogens is 1820 g/mol. The van der Waals surface area contributed by atoms with Gasteiger partial charge in [-0.15, -0.1) is 0 Å². The van der Waals surface area contributed by atoms with Gasteiger partial charge in [0.25, 0.3) is 0 Å². The summed E-state index contributed by atoms with van der Waals surface area (Å²) in [5, 5.41) is 324. The van der Waals surface area contributed by atoms with Gasteiger partial charge in [-0.2, -0.15) is 0 Å². The van der Waals surface area contributed by atoms with E-state index >= 15 is 28.8 Å². The third-order valence-electron chi connectivity index (χ3n) is 21.6. The Morgan fingerprint density at radius 1 is 0.231 bits per heavy atom. The van der Waals surface area contributed by atoms with E-state index in [2.05, 4.69) is 0 Å². The first kappa shape index (κ1) is 88.3. The Morgan fingerprint density at radius 2 is 0.507 bits per heavy atom. The minimum Gasteiger partial charge on any atom is -0.504 e. The molecule has 6 aliphatic heterocycles. The van der Waals surface area contributed by atoms with Crippen molar-refractivity contribution < 1.29 is 258 Å². The van der Waals surface area contributed by atoms with Crippen LogP contribution in [0.2, 0.25) is 0 Å². The smallest absolute Gasteiger partial charge is 0.343 e. The lowest BCUT2D eigenvalue weighted by atomic mass is 9.90. The van der Waals surface area contributed by atoms with E-state index in [1.807, 2.05) is 0 Å². The number of carbonyl (C=O) groups excluding carboxylic acids is 10. The Bertz CT molecular complexity index is 6960. The highest BCUT2D eigenvalue weighted by atomic mass is 16.8. The molecule has 0 aromatic heterocycles. The zero-order valence-corrected chi connectivity index (χ0v) is 65.4. The summed E-state index contributed by atoms with van der Waals surface area (Å²) in [6.45, 7) is -3.21. The first-order valence-electron chi connectivity index (χ1n) is 37.2. The molecule has 16 rings (SSSR count). The van der Waals surface area contributed by atoms with Gasteiger partial charge in [0.2, 0.25) is 82.3 Å². The third-order valence-corrected chi connectivity index (χ3v) is 21.6. The van der Waals surface area contributed by atoms with Gasteiger partial charge in [0.05, 0.1) is 50.1 Å². The van der Waals surface area contributed by atoms with Crippen molar-refractivity contribution in [3.63, 3.8) is 0 Å². The molecule has 0 unspecified atom stereocenters. The average Bonchev–Trinajstić information content (AvgIpc) is 1.07. The molecule has 0 saturated carbocycles. The molecule has 0 radical (unpaired) electrons. The van der Waals surface area contributed by atoms with Crippen molar-refractivity contribution in [1.29, 1.82) is 0 Å². The maximum absolute atomic E-state index is 16.1. The minimum atomic E-state index is -3.06. The highest BCUT2D eigenvalue weighted by Crippen LogP contribution is 2.62. The highest BCUT2D eigenvalue weighted by Gasteiger charge is 2.59. The SMILES string of the molecule is O=C(O[C@@H]1O[C@@H]2COC(=O)c3cc(O)c(O)c(O)c3-c3cc(c(O)c(O)c3O)C(=O)O[C@H]2[C@@H]2OC(=O)c3cc(O)c(O)c(O)c3-c3c(cc(O)c(O)c3O)C(=O)O[C@@H]12)c1cc(O)c(O)c(Oc2c(O)c(O)c(O)c3c2C(=O)O[C@H]2[C@@H]4OC(=O)c5cc(O)c(O)c(O)c5-c5c(cc(O)c(O)c5O)C(=O)O[C@H]4[C@@H](OC(=O)c4cc(O)c(O)c(O)c4)O[C@@H]2COC(=O)c2cc(O)c(O)c(O)c2-3)c1. The van der Waals surface area contributed by atoms with Crippen LogP contribution in [-0.2, 0) is 56.8 Å². The molecule has 10 aromatic carbocycles. The Balaban J connectivity index is 0.849. The fourth-order valence-corrected chi connectivity index (χ4v) is 15.2. The van der Waals surface area contributed by atoms with Crippen LogP contribution in [0.3, 0.4) is 0 Å². The van der Waals surface area contributed by atoms with E-state index in [0.29, 0.717) is 24.3 Å². The summed E-state index contributed by atoms with van der Waals surface area (Å²) in [5.74, 6) is -70.3. The van der Waals surface area contributed by atoms with Crippen LogP contribution in [0.5, 0.6) is 178 Å². The largest absolute Gasteiger partial charge is 0.504 e. The van der Waals surface area contributed by atoms with Crippen LogP contribution in [0.15, 0.2) is 66.7 Å². The summed E-state index contributed by atoms with van der Waals surface area (Å²) in [7, 11) is 0. The third kappa shape index (κ3) is 13.9. The lowest BCUT2D eigenvalue weighted by Gasteiger charge is -2.44. The second-order valence-electron chi connectivity index (χ2n) is 29.4. The van der Waals surface area contributed by atoms with Crippen LogP contribution >= 0.6 is 0 Å². The number of cyclic esters (lactones) is 2. The van der Waals surface area contributed by atoms with Gasteiger partial charge in [-0.05, 0) is 66.7 Å².